The summed E-state index contributed by atoms with van der Waals surface area (Å²) >= 11 is 0. The molecule has 6 nitrogen and oxygen atoms in total. The van der Waals surface area contributed by atoms with E-state index < -0.39 is 0 Å². The SMILES string of the molecule is N#Cc1cccc(CN[C@@H]2CCCN(Cc3noc(C4CC4)n3)C2)c1. The molecule has 6 heteroatoms. The van der Waals surface area contributed by atoms with Crippen molar-refractivity contribution < 1.29 is 4.52 Å². The van der Waals surface area contributed by atoms with Crippen molar-refractivity contribution in [2.75, 3.05) is 13.1 Å². The van der Waals surface area contributed by atoms with Gasteiger partial charge in [-0.25, -0.2) is 0 Å². The molecule has 25 heavy (non-hydrogen) atoms. The molecule has 1 saturated carbocycles. The van der Waals surface area contributed by atoms with Crippen LogP contribution in [0, 0.1) is 11.3 Å². The summed E-state index contributed by atoms with van der Waals surface area (Å²) in [7, 11) is 0. The van der Waals surface area contributed by atoms with E-state index in [-0.39, 0.29) is 0 Å². The summed E-state index contributed by atoms with van der Waals surface area (Å²) in [5.41, 5.74) is 1.87. The number of nitrogens with zero attached hydrogens (tertiary/aromatic N) is 4. The number of piperidine rings is 1. The van der Waals surface area contributed by atoms with Crippen molar-refractivity contribution in [1.29, 1.82) is 5.26 Å². The maximum Gasteiger partial charge on any atom is 0.229 e. The van der Waals surface area contributed by atoms with Crippen LogP contribution in [0.2, 0.25) is 0 Å². The highest BCUT2D eigenvalue weighted by molar-refractivity contribution is 5.32. The molecule has 1 aliphatic carbocycles. The summed E-state index contributed by atoms with van der Waals surface area (Å²) in [5, 5.41) is 16.8. The second kappa shape index (κ2) is 7.34. The Hall–Kier alpha value is -2.23. The van der Waals surface area contributed by atoms with Gasteiger partial charge in [-0.15, -0.1) is 0 Å². The Bertz CT molecular complexity index is 761. The predicted molar refractivity (Wildman–Crippen MR) is 92.6 cm³/mol. The van der Waals surface area contributed by atoms with Gasteiger partial charge >= 0.3 is 0 Å². The van der Waals surface area contributed by atoms with Gasteiger partial charge in [0.25, 0.3) is 0 Å². The normalized spacial score (nSPS) is 21.2. The monoisotopic (exact) mass is 337 g/mol. The molecule has 2 aromatic rings. The van der Waals surface area contributed by atoms with Crippen LogP contribution in [0.3, 0.4) is 0 Å². The molecule has 0 spiro atoms. The summed E-state index contributed by atoms with van der Waals surface area (Å²) in [5.74, 6) is 2.14. The van der Waals surface area contributed by atoms with Crippen LogP contribution in [0.15, 0.2) is 28.8 Å². The maximum absolute atomic E-state index is 9.00. The molecule has 1 aromatic carbocycles. The van der Waals surface area contributed by atoms with Crippen LogP contribution in [0.5, 0.6) is 0 Å². The van der Waals surface area contributed by atoms with Gasteiger partial charge < -0.3 is 9.84 Å². The molecular formula is C19H23N5O. The van der Waals surface area contributed by atoms with Crippen molar-refractivity contribution in [2.24, 2.45) is 0 Å². The molecule has 2 aliphatic rings. The molecule has 1 atom stereocenters. The highest BCUT2D eigenvalue weighted by Crippen LogP contribution is 2.38. The molecular weight excluding hydrogens is 314 g/mol. The summed E-state index contributed by atoms with van der Waals surface area (Å²) in [4.78, 5) is 6.93. The minimum Gasteiger partial charge on any atom is -0.339 e. The second-order valence-electron chi connectivity index (χ2n) is 7.09. The lowest BCUT2D eigenvalue weighted by atomic mass is 10.0. The molecule has 0 radical (unpaired) electrons. The zero-order valence-corrected chi connectivity index (χ0v) is 14.3. The molecule has 4 rings (SSSR count). The zero-order valence-electron chi connectivity index (χ0n) is 14.3. The first kappa shape index (κ1) is 16.2. The molecule has 0 amide bonds. The van der Waals surface area contributed by atoms with Gasteiger partial charge in [-0.3, -0.25) is 4.90 Å². The summed E-state index contributed by atoms with van der Waals surface area (Å²) in [6.45, 7) is 3.63. The number of rotatable bonds is 6. The third-order valence-corrected chi connectivity index (χ3v) is 4.93. The average molecular weight is 337 g/mol. The van der Waals surface area contributed by atoms with Gasteiger partial charge in [0, 0.05) is 25.0 Å². The molecule has 1 aliphatic heterocycles. The largest absolute Gasteiger partial charge is 0.339 e. The van der Waals surface area contributed by atoms with Gasteiger partial charge in [-0.2, -0.15) is 10.2 Å². The van der Waals surface area contributed by atoms with Crippen LogP contribution in [-0.4, -0.2) is 34.2 Å². The highest BCUT2D eigenvalue weighted by atomic mass is 16.5. The topological polar surface area (TPSA) is 78.0 Å². The standard InChI is InChI=1S/C19H23N5O/c20-10-14-3-1-4-15(9-14)11-21-17-5-2-8-24(12-17)13-18-22-19(25-23-18)16-6-7-16/h1,3-4,9,16-17,21H,2,5-8,11-13H2/t17-/m1/s1. The van der Waals surface area contributed by atoms with E-state index in [2.05, 4.69) is 32.5 Å². The Morgan fingerprint density at radius 2 is 2.24 bits per heavy atom. The average Bonchev–Trinajstić information content (AvgIpc) is 3.40. The number of nitriles is 1. The highest BCUT2D eigenvalue weighted by Gasteiger charge is 2.30. The van der Waals surface area contributed by atoms with E-state index in [9.17, 15) is 0 Å². The third kappa shape index (κ3) is 4.25. The Morgan fingerprint density at radius 1 is 1.32 bits per heavy atom. The Kier molecular flexibility index (Phi) is 4.77. The lowest BCUT2D eigenvalue weighted by Crippen LogP contribution is -2.45. The Balaban J connectivity index is 1.28. The van der Waals surface area contributed by atoms with Crippen molar-refractivity contribution in [3.63, 3.8) is 0 Å². The van der Waals surface area contributed by atoms with Crippen molar-refractivity contribution in [3.8, 4) is 6.07 Å². The predicted octanol–water partition coefficient (Wildman–Crippen LogP) is 2.57. The van der Waals surface area contributed by atoms with E-state index in [1.807, 2.05) is 18.2 Å². The molecule has 0 bridgehead atoms. The third-order valence-electron chi connectivity index (χ3n) is 4.93. The molecule has 1 N–H and O–H groups in total. The maximum atomic E-state index is 9.00. The van der Waals surface area contributed by atoms with Crippen LogP contribution in [0.4, 0.5) is 0 Å². The zero-order chi connectivity index (χ0) is 17.1. The lowest BCUT2D eigenvalue weighted by molar-refractivity contribution is 0.177. The minimum absolute atomic E-state index is 0.453. The van der Waals surface area contributed by atoms with Gasteiger partial charge in [-0.05, 0) is 49.9 Å². The molecule has 2 heterocycles. The van der Waals surface area contributed by atoms with E-state index in [0.29, 0.717) is 17.5 Å². The second-order valence-corrected chi connectivity index (χ2v) is 7.09. The quantitative estimate of drug-likeness (QED) is 0.873. The van der Waals surface area contributed by atoms with Crippen molar-refractivity contribution in [2.45, 2.75) is 50.7 Å². The molecule has 1 aromatic heterocycles. The van der Waals surface area contributed by atoms with Gasteiger partial charge in [0.2, 0.25) is 5.89 Å². The Morgan fingerprint density at radius 3 is 3.08 bits per heavy atom. The number of hydrogen-bond donors (Lipinski definition) is 1. The van der Waals surface area contributed by atoms with Crippen LogP contribution in [0.25, 0.3) is 0 Å². The fraction of sp³-hybridized carbons (Fsp3) is 0.526. The summed E-state index contributed by atoms with van der Waals surface area (Å²) < 4.78 is 5.35. The van der Waals surface area contributed by atoms with Crippen molar-refractivity contribution >= 4 is 0 Å². The van der Waals surface area contributed by atoms with Crippen molar-refractivity contribution in [3.05, 3.63) is 47.1 Å². The number of aromatic nitrogens is 2. The van der Waals surface area contributed by atoms with Gasteiger partial charge in [-0.1, -0.05) is 17.3 Å². The fourth-order valence-electron chi connectivity index (χ4n) is 3.41. The first-order chi connectivity index (χ1) is 12.3. The molecule has 130 valence electrons. The fourth-order valence-corrected chi connectivity index (χ4v) is 3.41. The van der Waals surface area contributed by atoms with Gasteiger partial charge in [0.1, 0.15) is 0 Å². The molecule has 0 unspecified atom stereocenters. The lowest BCUT2D eigenvalue weighted by Gasteiger charge is -2.32. The van der Waals surface area contributed by atoms with Crippen LogP contribution in [-0.2, 0) is 13.1 Å². The van der Waals surface area contributed by atoms with E-state index in [4.69, 9.17) is 9.78 Å². The molecule has 2 fully saturated rings. The first-order valence-electron chi connectivity index (χ1n) is 9.07. The summed E-state index contributed by atoms with van der Waals surface area (Å²) in [6, 6.07) is 10.4. The number of likely N-dealkylation sites (tertiary alicyclic amines) is 1. The first-order valence-corrected chi connectivity index (χ1v) is 9.07. The van der Waals surface area contributed by atoms with Gasteiger partial charge in [0.05, 0.1) is 18.2 Å². The molecule has 1 saturated heterocycles. The Labute approximate surface area is 147 Å². The smallest absolute Gasteiger partial charge is 0.229 e. The van der Waals surface area contributed by atoms with E-state index >= 15 is 0 Å². The van der Waals surface area contributed by atoms with Crippen LogP contribution >= 0.6 is 0 Å². The van der Waals surface area contributed by atoms with E-state index in [1.165, 1.54) is 25.7 Å². The number of benzene rings is 1. The van der Waals surface area contributed by atoms with Crippen LogP contribution in [0.1, 0.15) is 54.4 Å². The minimum atomic E-state index is 0.453. The van der Waals surface area contributed by atoms with Crippen LogP contribution < -0.4 is 5.32 Å². The van der Waals surface area contributed by atoms with E-state index in [0.717, 1.165) is 43.5 Å². The van der Waals surface area contributed by atoms with Gasteiger partial charge in [0.15, 0.2) is 5.82 Å². The summed E-state index contributed by atoms with van der Waals surface area (Å²) in [6.07, 6.45) is 4.71. The van der Waals surface area contributed by atoms with E-state index in [1.54, 1.807) is 0 Å². The number of nitrogens with one attached hydrogen (secondary N) is 1. The van der Waals surface area contributed by atoms with Crippen molar-refractivity contribution in [1.82, 2.24) is 20.4 Å². The number of hydrogen-bond acceptors (Lipinski definition) is 6.